The highest BCUT2D eigenvalue weighted by molar-refractivity contribution is 6.39. The SMILES string of the molecule is COc1ccccc1[C@H]1C[C@@H]1NC(=O)C(=O)Nc1cccnc1OC. The molecule has 1 heterocycles. The van der Waals surface area contributed by atoms with E-state index >= 15 is 0 Å². The first-order valence-electron chi connectivity index (χ1n) is 7.87. The van der Waals surface area contributed by atoms with Crippen LogP contribution in [0.25, 0.3) is 0 Å². The molecule has 1 fully saturated rings. The van der Waals surface area contributed by atoms with Crippen LogP contribution in [0.1, 0.15) is 17.9 Å². The molecular weight excluding hydrogens is 322 g/mol. The molecule has 0 aliphatic heterocycles. The Balaban J connectivity index is 1.59. The number of pyridine rings is 1. The summed E-state index contributed by atoms with van der Waals surface area (Å²) in [7, 11) is 3.06. The van der Waals surface area contributed by atoms with E-state index < -0.39 is 11.8 Å². The van der Waals surface area contributed by atoms with Gasteiger partial charge in [-0.1, -0.05) is 18.2 Å². The minimum atomic E-state index is -0.753. The summed E-state index contributed by atoms with van der Waals surface area (Å²) < 4.78 is 10.4. The van der Waals surface area contributed by atoms with E-state index in [0.717, 1.165) is 17.7 Å². The number of aromatic nitrogens is 1. The Morgan fingerprint density at radius 2 is 1.88 bits per heavy atom. The van der Waals surface area contributed by atoms with Gasteiger partial charge in [-0.25, -0.2) is 4.98 Å². The Morgan fingerprint density at radius 1 is 1.08 bits per heavy atom. The summed E-state index contributed by atoms with van der Waals surface area (Å²) >= 11 is 0. The number of methoxy groups -OCH3 is 2. The standard InChI is InChI=1S/C18H19N3O4/c1-24-15-8-4-3-6-11(15)12-10-14(12)21-17(23)16(22)20-13-7-5-9-19-18(13)25-2/h3-9,12,14H,10H2,1-2H3,(H,20,22)(H,21,23)/t12-,14+/m1/s1. The molecule has 1 aliphatic carbocycles. The van der Waals surface area contributed by atoms with Crippen LogP contribution < -0.4 is 20.1 Å². The van der Waals surface area contributed by atoms with E-state index in [0.29, 0.717) is 5.69 Å². The number of benzene rings is 1. The molecule has 3 rings (SSSR count). The van der Waals surface area contributed by atoms with Crippen LogP contribution in [-0.2, 0) is 9.59 Å². The van der Waals surface area contributed by atoms with Gasteiger partial charge in [0, 0.05) is 18.2 Å². The molecule has 0 saturated heterocycles. The normalized spacial score (nSPS) is 18.2. The van der Waals surface area contributed by atoms with Crippen molar-refractivity contribution in [2.75, 3.05) is 19.5 Å². The molecule has 1 aromatic heterocycles. The minimum Gasteiger partial charge on any atom is -0.496 e. The predicted octanol–water partition coefficient (Wildman–Crippen LogP) is 1.71. The van der Waals surface area contributed by atoms with Crippen molar-refractivity contribution in [1.29, 1.82) is 0 Å². The minimum absolute atomic E-state index is 0.0784. The van der Waals surface area contributed by atoms with Crippen molar-refractivity contribution in [3.05, 3.63) is 48.2 Å². The number of para-hydroxylation sites is 1. The van der Waals surface area contributed by atoms with Crippen molar-refractivity contribution in [2.24, 2.45) is 0 Å². The fourth-order valence-corrected chi connectivity index (χ4v) is 2.73. The van der Waals surface area contributed by atoms with Crippen LogP contribution in [0, 0.1) is 0 Å². The lowest BCUT2D eigenvalue weighted by Gasteiger charge is -2.10. The summed E-state index contributed by atoms with van der Waals surface area (Å²) in [6.45, 7) is 0. The number of carbonyl (C=O) groups is 2. The van der Waals surface area contributed by atoms with Crippen molar-refractivity contribution in [3.8, 4) is 11.6 Å². The number of hydrogen-bond acceptors (Lipinski definition) is 5. The number of nitrogens with one attached hydrogen (secondary N) is 2. The predicted molar refractivity (Wildman–Crippen MR) is 91.7 cm³/mol. The summed E-state index contributed by atoms with van der Waals surface area (Å²) in [6.07, 6.45) is 2.31. The zero-order valence-corrected chi connectivity index (χ0v) is 14.0. The van der Waals surface area contributed by atoms with Crippen LogP contribution in [0.4, 0.5) is 5.69 Å². The van der Waals surface area contributed by atoms with E-state index in [4.69, 9.17) is 9.47 Å². The highest BCUT2D eigenvalue weighted by atomic mass is 16.5. The van der Waals surface area contributed by atoms with Crippen LogP contribution in [0.3, 0.4) is 0 Å². The largest absolute Gasteiger partial charge is 0.496 e. The van der Waals surface area contributed by atoms with Gasteiger partial charge in [0.1, 0.15) is 11.4 Å². The fraction of sp³-hybridized carbons (Fsp3) is 0.278. The van der Waals surface area contributed by atoms with Gasteiger partial charge in [0.05, 0.1) is 14.2 Å². The quantitative estimate of drug-likeness (QED) is 0.808. The molecule has 0 unspecified atom stereocenters. The lowest BCUT2D eigenvalue weighted by Crippen LogP contribution is -2.37. The maximum absolute atomic E-state index is 12.1. The van der Waals surface area contributed by atoms with Gasteiger partial charge in [0.25, 0.3) is 0 Å². The Hall–Kier alpha value is -3.09. The second kappa shape index (κ2) is 7.21. The monoisotopic (exact) mass is 341 g/mol. The molecule has 130 valence electrons. The molecule has 0 radical (unpaired) electrons. The maximum atomic E-state index is 12.1. The Kier molecular flexibility index (Phi) is 4.83. The van der Waals surface area contributed by atoms with Gasteiger partial charge < -0.3 is 20.1 Å². The van der Waals surface area contributed by atoms with Crippen LogP contribution in [0.2, 0.25) is 0 Å². The number of nitrogens with zero attached hydrogens (tertiary/aromatic N) is 1. The van der Waals surface area contributed by atoms with Crippen molar-refractivity contribution >= 4 is 17.5 Å². The first kappa shape index (κ1) is 16.8. The summed E-state index contributed by atoms with van der Waals surface area (Å²) in [5.74, 6) is -0.248. The van der Waals surface area contributed by atoms with E-state index in [1.807, 2.05) is 24.3 Å². The van der Waals surface area contributed by atoms with Gasteiger partial charge in [-0.05, 0) is 30.2 Å². The van der Waals surface area contributed by atoms with Crippen molar-refractivity contribution in [3.63, 3.8) is 0 Å². The molecule has 1 aliphatic rings. The number of carbonyl (C=O) groups excluding carboxylic acids is 2. The van der Waals surface area contributed by atoms with E-state index in [-0.39, 0.29) is 17.8 Å². The van der Waals surface area contributed by atoms with Gasteiger partial charge in [-0.3, -0.25) is 9.59 Å². The molecule has 2 aromatic rings. The molecule has 1 saturated carbocycles. The molecule has 7 heteroatoms. The highest BCUT2D eigenvalue weighted by Gasteiger charge is 2.42. The van der Waals surface area contributed by atoms with Crippen molar-refractivity contribution < 1.29 is 19.1 Å². The third-order valence-electron chi connectivity index (χ3n) is 4.06. The third-order valence-corrected chi connectivity index (χ3v) is 4.06. The number of hydrogen-bond donors (Lipinski definition) is 2. The second-order valence-corrected chi connectivity index (χ2v) is 5.68. The van der Waals surface area contributed by atoms with Crippen LogP contribution >= 0.6 is 0 Å². The lowest BCUT2D eigenvalue weighted by atomic mass is 10.1. The molecule has 25 heavy (non-hydrogen) atoms. The number of ether oxygens (including phenoxy) is 2. The van der Waals surface area contributed by atoms with Gasteiger partial charge in [0.15, 0.2) is 0 Å². The number of rotatable bonds is 5. The van der Waals surface area contributed by atoms with Gasteiger partial charge in [0.2, 0.25) is 5.88 Å². The van der Waals surface area contributed by atoms with E-state index in [1.165, 1.54) is 13.3 Å². The van der Waals surface area contributed by atoms with E-state index in [2.05, 4.69) is 15.6 Å². The van der Waals surface area contributed by atoms with Gasteiger partial charge >= 0.3 is 11.8 Å². The van der Waals surface area contributed by atoms with Gasteiger partial charge in [-0.15, -0.1) is 0 Å². The molecule has 2 N–H and O–H groups in total. The molecule has 2 atom stereocenters. The molecule has 7 nitrogen and oxygen atoms in total. The average Bonchev–Trinajstić information content (AvgIpc) is 3.40. The average molecular weight is 341 g/mol. The lowest BCUT2D eigenvalue weighted by molar-refractivity contribution is -0.136. The number of amides is 2. The smallest absolute Gasteiger partial charge is 0.313 e. The highest BCUT2D eigenvalue weighted by Crippen LogP contribution is 2.44. The van der Waals surface area contributed by atoms with Crippen LogP contribution in [-0.4, -0.2) is 37.1 Å². The van der Waals surface area contributed by atoms with Crippen molar-refractivity contribution in [1.82, 2.24) is 10.3 Å². The van der Waals surface area contributed by atoms with Crippen LogP contribution in [0.5, 0.6) is 11.6 Å². The summed E-state index contributed by atoms with van der Waals surface area (Å²) in [5.41, 5.74) is 1.38. The Bertz CT molecular complexity index is 793. The van der Waals surface area contributed by atoms with Gasteiger partial charge in [-0.2, -0.15) is 0 Å². The molecule has 2 amide bonds. The van der Waals surface area contributed by atoms with Crippen molar-refractivity contribution in [2.45, 2.75) is 18.4 Å². The summed E-state index contributed by atoms with van der Waals surface area (Å²) in [4.78, 5) is 28.2. The van der Waals surface area contributed by atoms with E-state index in [9.17, 15) is 9.59 Å². The molecule has 1 aromatic carbocycles. The molecule has 0 spiro atoms. The summed E-state index contributed by atoms with van der Waals surface area (Å²) in [5, 5.41) is 5.25. The molecular formula is C18H19N3O4. The third kappa shape index (κ3) is 3.71. The number of anilines is 1. The molecule has 0 bridgehead atoms. The zero-order chi connectivity index (χ0) is 17.8. The fourth-order valence-electron chi connectivity index (χ4n) is 2.73. The summed E-state index contributed by atoms with van der Waals surface area (Å²) in [6, 6.07) is 10.9. The Morgan fingerprint density at radius 3 is 2.64 bits per heavy atom. The van der Waals surface area contributed by atoms with Crippen LogP contribution in [0.15, 0.2) is 42.6 Å². The maximum Gasteiger partial charge on any atom is 0.313 e. The second-order valence-electron chi connectivity index (χ2n) is 5.68. The topological polar surface area (TPSA) is 89.5 Å². The zero-order valence-electron chi connectivity index (χ0n) is 14.0. The van der Waals surface area contributed by atoms with E-state index in [1.54, 1.807) is 19.2 Å². The Labute approximate surface area is 145 Å². The first-order chi connectivity index (χ1) is 12.1. The first-order valence-corrected chi connectivity index (χ1v) is 7.87.